The SMILES string of the molecule is OC1(CCCC(F)(F)F)CC2COCC(C1)N2Cc1ccccc1. The number of ether oxygens (including phenoxy) is 1. The van der Waals surface area contributed by atoms with Gasteiger partial charge in [0.05, 0.1) is 18.8 Å². The van der Waals surface area contributed by atoms with Crippen molar-refractivity contribution in [3.63, 3.8) is 0 Å². The van der Waals surface area contributed by atoms with Crippen molar-refractivity contribution in [3.8, 4) is 0 Å². The van der Waals surface area contributed by atoms with Crippen molar-refractivity contribution in [2.45, 2.75) is 62.5 Å². The van der Waals surface area contributed by atoms with Gasteiger partial charge in [0.2, 0.25) is 0 Å². The molecule has 1 N–H and O–H groups in total. The monoisotopic (exact) mass is 343 g/mol. The summed E-state index contributed by atoms with van der Waals surface area (Å²) in [6, 6.07) is 10.2. The highest BCUT2D eigenvalue weighted by Gasteiger charge is 2.46. The van der Waals surface area contributed by atoms with Crippen LogP contribution in [0, 0.1) is 0 Å². The molecule has 0 spiro atoms. The molecule has 1 aromatic rings. The molecule has 0 radical (unpaired) electrons. The van der Waals surface area contributed by atoms with Crippen LogP contribution >= 0.6 is 0 Å². The van der Waals surface area contributed by atoms with Gasteiger partial charge in [-0.25, -0.2) is 0 Å². The van der Waals surface area contributed by atoms with E-state index in [1.807, 2.05) is 18.2 Å². The molecule has 2 heterocycles. The van der Waals surface area contributed by atoms with Gasteiger partial charge in [-0.2, -0.15) is 13.2 Å². The van der Waals surface area contributed by atoms with Gasteiger partial charge in [-0.3, -0.25) is 4.90 Å². The first-order chi connectivity index (χ1) is 11.3. The number of aliphatic hydroxyl groups is 1. The fourth-order valence-corrected chi connectivity index (χ4v) is 4.02. The van der Waals surface area contributed by atoms with E-state index >= 15 is 0 Å². The molecule has 2 saturated heterocycles. The fraction of sp³-hybridized carbons (Fsp3) is 0.667. The number of piperidine rings is 1. The van der Waals surface area contributed by atoms with E-state index < -0.39 is 18.2 Å². The predicted molar refractivity (Wildman–Crippen MR) is 84.5 cm³/mol. The minimum absolute atomic E-state index is 0.0149. The molecule has 2 fully saturated rings. The van der Waals surface area contributed by atoms with Crippen LogP contribution in [0.5, 0.6) is 0 Å². The summed E-state index contributed by atoms with van der Waals surface area (Å²) in [7, 11) is 0. The molecule has 2 atom stereocenters. The average molecular weight is 343 g/mol. The number of benzene rings is 1. The molecular formula is C18H24F3NO2. The smallest absolute Gasteiger partial charge is 0.389 e. The van der Waals surface area contributed by atoms with Crippen LogP contribution in [0.15, 0.2) is 30.3 Å². The summed E-state index contributed by atoms with van der Waals surface area (Å²) in [6.45, 7) is 1.86. The first-order valence-corrected chi connectivity index (χ1v) is 8.51. The maximum Gasteiger partial charge on any atom is 0.389 e. The predicted octanol–water partition coefficient (Wildman–Crippen LogP) is 3.51. The molecule has 0 aliphatic carbocycles. The third kappa shape index (κ3) is 4.49. The zero-order chi connectivity index (χ0) is 17.2. The van der Waals surface area contributed by atoms with Gasteiger partial charge in [0.15, 0.2) is 0 Å². The topological polar surface area (TPSA) is 32.7 Å². The second-order valence-corrected chi connectivity index (χ2v) is 7.10. The van der Waals surface area contributed by atoms with Crippen molar-refractivity contribution in [1.29, 1.82) is 0 Å². The summed E-state index contributed by atoms with van der Waals surface area (Å²) in [5.41, 5.74) is 0.203. The van der Waals surface area contributed by atoms with Gasteiger partial charge in [-0.15, -0.1) is 0 Å². The summed E-state index contributed by atoms with van der Waals surface area (Å²) >= 11 is 0. The van der Waals surface area contributed by atoms with E-state index in [-0.39, 0.29) is 24.9 Å². The Hall–Kier alpha value is -1.11. The summed E-state index contributed by atoms with van der Waals surface area (Å²) in [6.07, 6.45) is -3.82. The van der Waals surface area contributed by atoms with E-state index in [0.717, 1.165) is 6.54 Å². The van der Waals surface area contributed by atoms with Crippen molar-refractivity contribution >= 4 is 0 Å². The molecule has 0 amide bonds. The van der Waals surface area contributed by atoms with Crippen LogP contribution in [-0.4, -0.2) is 47.1 Å². The number of hydrogen-bond acceptors (Lipinski definition) is 3. The Kier molecular flexibility index (Phi) is 5.18. The van der Waals surface area contributed by atoms with E-state index in [1.54, 1.807) is 0 Å². The van der Waals surface area contributed by atoms with Gasteiger partial charge in [-0.1, -0.05) is 30.3 Å². The van der Waals surface area contributed by atoms with E-state index in [2.05, 4.69) is 17.0 Å². The van der Waals surface area contributed by atoms with Crippen molar-refractivity contribution < 1.29 is 23.0 Å². The highest BCUT2D eigenvalue weighted by Crippen LogP contribution is 2.39. The lowest BCUT2D eigenvalue weighted by molar-refractivity contribution is -0.157. The van der Waals surface area contributed by atoms with E-state index in [4.69, 9.17) is 4.74 Å². The molecule has 2 unspecified atom stereocenters. The van der Waals surface area contributed by atoms with Gasteiger partial charge < -0.3 is 9.84 Å². The van der Waals surface area contributed by atoms with Gasteiger partial charge in [0, 0.05) is 25.0 Å². The van der Waals surface area contributed by atoms with Crippen molar-refractivity contribution in [1.82, 2.24) is 4.90 Å². The lowest BCUT2D eigenvalue weighted by atomic mass is 9.78. The first-order valence-electron chi connectivity index (χ1n) is 8.51. The Morgan fingerprint density at radius 2 is 1.75 bits per heavy atom. The summed E-state index contributed by atoms with van der Waals surface area (Å²) in [5, 5.41) is 10.8. The number of alkyl halides is 3. The average Bonchev–Trinajstić information content (AvgIpc) is 2.48. The number of hydrogen-bond donors (Lipinski definition) is 1. The number of rotatable bonds is 5. The zero-order valence-corrected chi connectivity index (χ0v) is 13.6. The maximum atomic E-state index is 12.4. The van der Waals surface area contributed by atoms with E-state index in [9.17, 15) is 18.3 Å². The molecule has 134 valence electrons. The Balaban J connectivity index is 1.62. The number of halogens is 3. The second-order valence-electron chi connectivity index (χ2n) is 7.10. The second kappa shape index (κ2) is 7.02. The van der Waals surface area contributed by atoms with Crippen LogP contribution in [0.4, 0.5) is 13.2 Å². The summed E-state index contributed by atoms with van der Waals surface area (Å²) < 4.78 is 42.7. The fourth-order valence-electron chi connectivity index (χ4n) is 4.02. The first kappa shape index (κ1) is 17.7. The van der Waals surface area contributed by atoms with Crippen LogP contribution < -0.4 is 0 Å². The Morgan fingerprint density at radius 3 is 2.33 bits per heavy atom. The highest BCUT2D eigenvalue weighted by molar-refractivity contribution is 5.15. The van der Waals surface area contributed by atoms with E-state index in [1.165, 1.54) is 5.56 Å². The molecule has 2 aliphatic heterocycles. The molecular weight excluding hydrogens is 319 g/mol. The third-order valence-corrected chi connectivity index (χ3v) is 5.10. The number of fused-ring (bicyclic) bond motifs is 2. The molecule has 0 aromatic heterocycles. The molecule has 24 heavy (non-hydrogen) atoms. The maximum absolute atomic E-state index is 12.4. The van der Waals surface area contributed by atoms with Gasteiger partial charge in [-0.05, 0) is 31.2 Å². The van der Waals surface area contributed by atoms with E-state index in [0.29, 0.717) is 26.1 Å². The standard InChI is InChI=1S/C18H24F3NO2/c19-18(20,21)8-4-7-17(23)9-15-12-24-13-16(10-17)22(15)11-14-5-2-1-3-6-14/h1-3,5-6,15-16,23H,4,7-13H2. The molecule has 3 nitrogen and oxygen atoms in total. The minimum Gasteiger partial charge on any atom is -0.390 e. The van der Waals surface area contributed by atoms with Gasteiger partial charge in [0.1, 0.15) is 0 Å². The Labute approximate surface area is 140 Å². The summed E-state index contributed by atoms with van der Waals surface area (Å²) in [4.78, 5) is 2.34. The largest absolute Gasteiger partial charge is 0.390 e. The molecule has 3 rings (SSSR count). The Bertz CT molecular complexity index is 521. The van der Waals surface area contributed by atoms with Crippen LogP contribution in [0.1, 0.15) is 37.7 Å². The molecule has 6 heteroatoms. The quantitative estimate of drug-likeness (QED) is 0.888. The summed E-state index contributed by atoms with van der Waals surface area (Å²) in [5.74, 6) is 0. The van der Waals surface area contributed by atoms with Crippen LogP contribution in [0.2, 0.25) is 0 Å². The zero-order valence-electron chi connectivity index (χ0n) is 13.6. The minimum atomic E-state index is -4.15. The lowest BCUT2D eigenvalue weighted by Gasteiger charge is -2.52. The normalized spacial score (nSPS) is 31.2. The molecule has 2 aliphatic rings. The highest BCUT2D eigenvalue weighted by atomic mass is 19.4. The number of morpholine rings is 1. The van der Waals surface area contributed by atoms with Crippen molar-refractivity contribution in [2.75, 3.05) is 13.2 Å². The van der Waals surface area contributed by atoms with Crippen LogP contribution in [0.25, 0.3) is 0 Å². The van der Waals surface area contributed by atoms with Gasteiger partial charge >= 0.3 is 6.18 Å². The lowest BCUT2D eigenvalue weighted by Crippen LogP contribution is -2.61. The number of nitrogens with zero attached hydrogens (tertiary/aromatic N) is 1. The molecule has 1 aromatic carbocycles. The molecule has 0 saturated carbocycles. The van der Waals surface area contributed by atoms with Crippen LogP contribution in [-0.2, 0) is 11.3 Å². The molecule has 2 bridgehead atoms. The van der Waals surface area contributed by atoms with Crippen LogP contribution in [0.3, 0.4) is 0 Å². The van der Waals surface area contributed by atoms with Crippen molar-refractivity contribution in [2.24, 2.45) is 0 Å². The van der Waals surface area contributed by atoms with Gasteiger partial charge in [0.25, 0.3) is 0 Å². The third-order valence-electron chi connectivity index (χ3n) is 5.10. The Morgan fingerprint density at radius 1 is 1.12 bits per heavy atom. The van der Waals surface area contributed by atoms with Crippen molar-refractivity contribution in [3.05, 3.63) is 35.9 Å².